The summed E-state index contributed by atoms with van der Waals surface area (Å²) in [5, 5.41) is 0. The van der Waals surface area contributed by atoms with Gasteiger partial charge in [0.05, 0.1) is 26.8 Å². The molecule has 0 radical (unpaired) electrons. The van der Waals surface area contributed by atoms with Gasteiger partial charge in [0, 0.05) is 43.9 Å². The summed E-state index contributed by atoms with van der Waals surface area (Å²) in [6.45, 7) is 2.83. The number of carbonyl (C=O) groups is 2. The summed E-state index contributed by atoms with van der Waals surface area (Å²) in [5.41, 5.74) is 1.06. The van der Waals surface area contributed by atoms with E-state index in [1.54, 1.807) is 19.1 Å². The number of ether oxygens (including phenoxy) is 2. The standard InChI is InChI=1S/C25H29F2N3O4/c1-33-18-6-8-23(34-2)19(15-18)22-4-3-9-30(22)24(31)16-28-10-12-29(13-11-28)25(32)17-5-7-20(26)21(27)14-17/h5-8,14-15,22H,3-4,9-13,16H2,1-2H3. The summed E-state index contributed by atoms with van der Waals surface area (Å²) in [4.78, 5) is 31.4. The van der Waals surface area contributed by atoms with Crippen molar-refractivity contribution in [2.75, 3.05) is 53.5 Å². The molecule has 9 heteroatoms. The SMILES string of the molecule is COc1ccc(OC)c(C2CCCN2C(=O)CN2CCN(C(=O)c3ccc(F)c(F)c3)CC2)c1. The summed E-state index contributed by atoms with van der Waals surface area (Å²) in [6.07, 6.45) is 1.76. The molecule has 0 bridgehead atoms. The zero-order valence-corrected chi connectivity index (χ0v) is 19.4. The highest BCUT2D eigenvalue weighted by Gasteiger charge is 2.33. The highest BCUT2D eigenvalue weighted by Crippen LogP contribution is 2.39. The predicted molar refractivity (Wildman–Crippen MR) is 122 cm³/mol. The van der Waals surface area contributed by atoms with Crippen LogP contribution < -0.4 is 9.47 Å². The molecule has 2 aliphatic heterocycles. The minimum atomic E-state index is -1.04. The van der Waals surface area contributed by atoms with Gasteiger partial charge in [0.2, 0.25) is 5.91 Å². The van der Waals surface area contributed by atoms with E-state index in [1.165, 1.54) is 6.07 Å². The summed E-state index contributed by atoms with van der Waals surface area (Å²) < 4.78 is 37.6. The van der Waals surface area contributed by atoms with Crippen molar-refractivity contribution in [3.8, 4) is 11.5 Å². The van der Waals surface area contributed by atoms with Gasteiger partial charge < -0.3 is 19.3 Å². The molecule has 2 aromatic carbocycles. The van der Waals surface area contributed by atoms with Crippen LogP contribution in [0, 0.1) is 11.6 Å². The number of hydrogen-bond acceptors (Lipinski definition) is 5. The van der Waals surface area contributed by atoms with E-state index in [1.807, 2.05) is 28.0 Å². The fourth-order valence-electron chi connectivity index (χ4n) is 4.69. The van der Waals surface area contributed by atoms with Gasteiger partial charge in [-0.3, -0.25) is 14.5 Å². The maximum Gasteiger partial charge on any atom is 0.254 e. The zero-order valence-electron chi connectivity index (χ0n) is 19.4. The van der Waals surface area contributed by atoms with Gasteiger partial charge in [-0.05, 0) is 49.2 Å². The minimum Gasteiger partial charge on any atom is -0.497 e. The Morgan fingerprint density at radius 3 is 2.38 bits per heavy atom. The van der Waals surface area contributed by atoms with Gasteiger partial charge in [0.15, 0.2) is 11.6 Å². The summed E-state index contributed by atoms with van der Waals surface area (Å²) in [6, 6.07) is 8.72. The molecule has 0 N–H and O–H groups in total. The number of likely N-dealkylation sites (tertiary alicyclic amines) is 1. The molecule has 2 heterocycles. The molecule has 1 unspecified atom stereocenters. The molecular formula is C25H29F2N3O4. The number of carbonyl (C=O) groups excluding carboxylic acids is 2. The van der Waals surface area contributed by atoms with Crippen molar-refractivity contribution in [1.29, 1.82) is 0 Å². The maximum atomic E-state index is 13.5. The van der Waals surface area contributed by atoms with Crippen LogP contribution in [0.5, 0.6) is 11.5 Å². The van der Waals surface area contributed by atoms with E-state index < -0.39 is 11.6 Å². The second-order valence-corrected chi connectivity index (χ2v) is 8.55. The highest BCUT2D eigenvalue weighted by atomic mass is 19.2. The molecule has 2 fully saturated rings. The Kier molecular flexibility index (Phi) is 7.31. The summed E-state index contributed by atoms with van der Waals surface area (Å²) in [7, 11) is 3.23. The van der Waals surface area contributed by atoms with Gasteiger partial charge in [0.1, 0.15) is 11.5 Å². The Balaban J connectivity index is 1.36. The Hall–Kier alpha value is -3.20. The van der Waals surface area contributed by atoms with E-state index in [-0.39, 0.29) is 30.0 Å². The Labute approximate surface area is 197 Å². The van der Waals surface area contributed by atoms with Crippen molar-refractivity contribution in [2.24, 2.45) is 0 Å². The van der Waals surface area contributed by atoms with Crippen LogP contribution in [0.25, 0.3) is 0 Å². The lowest BCUT2D eigenvalue weighted by Crippen LogP contribution is -2.51. The van der Waals surface area contributed by atoms with E-state index in [0.29, 0.717) is 32.7 Å². The van der Waals surface area contributed by atoms with E-state index in [4.69, 9.17) is 9.47 Å². The van der Waals surface area contributed by atoms with E-state index in [0.717, 1.165) is 42.0 Å². The number of nitrogens with zero attached hydrogens (tertiary/aromatic N) is 3. The first kappa shape index (κ1) is 23.9. The predicted octanol–water partition coefficient (Wildman–Crippen LogP) is 3.10. The minimum absolute atomic E-state index is 0.0350. The smallest absolute Gasteiger partial charge is 0.254 e. The number of methoxy groups -OCH3 is 2. The largest absolute Gasteiger partial charge is 0.497 e. The molecule has 2 amide bonds. The Morgan fingerprint density at radius 2 is 1.71 bits per heavy atom. The quantitative estimate of drug-likeness (QED) is 0.645. The van der Waals surface area contributed by atoms with Crippen LogP contribution in [0.1, 0.15) is 34.8 Å². The van der Waals surface area contributed by atoms with Gasteiger partial charge in [-0.2, -0.15) is 0 Å². The molecular weight excluding hydrogens is 444 g/mol. The van der Waals surface area contributed by atoms with Crippen LogP contribution in [0.15, 0.2) is 36.4 Å². The number of halogens is 2. The first-order chi connectivity index (χ1) is 16.4. The third kappa shape index (κ3) is 4.99. The van der Waals surface area contributed by atoms with Crippen LogP contribution in [0.4, 0.5) is 8.78 Å². The summed E-state index contributed by atoms with van der Waals surface area (Å²) >= 11 is 0. The number of hydrogen-bond donors (Lipinski definition) is 0. The van der Waals surface area contributed by atoms with Crippen molar-refractivity contribution < 1.29 is 27.8 Å². The first-order valence-electron chi connectivity index (χ1n) is 11.4. The van der Waals surface area contributed by atoms with Crippen molar-refractivity contribution in [1.82, 2.24) is 14.7 Å². The topological polar surface area (TPSA) is 62.3 Å². The number of amides is 2. The van der Waals surface area contributed by atoms with Gasteiger partial charge in [-0.1, -0.05) is 0 Å². The maximum absolute atomic E-state index is 13.5. The molecule has 182 valence electrons. The monoisotopic (exact) mass is 473 g/mol. The molecule has 0 aliphatic carbocycles. The zero-order chi connectivity index (χ0) is 24.2. The average Bonchev–Trinajstić information content (AvgIpc) is 3.35. The van der Waals surface area contributed by atoms with Crippen LogP contribution in [-0.2, 0) is 4.79 Å². The van der Waals surface area contributed by atoms with Crippen molar-refractivity contribution in [3.05, 3.63) is 59.2 Å². The van der Waals surface area contributed by atoms with E-state index in [9.17, 15) is 18.4 Å². The number of rotatable bonds is 6. The van der Waals surface area contributed by atoms with Gasteiger partial charge >= 0.3 is 0 Å². The third-order valence-electron chi connectivity index (χ3n) is 6.55. The number of benzene rings is 2. The molecule has 4 rings (SSSR count). The van der Waals surface area contributed by atoms with E-state index >= 15 is 0 Å². The van der Waals surface area contributed by atoms with Crippen molar-refractivity contribution in [3.63, 3.8) is 0 Å². The molecule has 0 saturated carbocycles. The second-order valence-electron chi connectivity index (χ2n) is 8.55. The Bertz CT molecular complexity index is 1060. The molecule has 1 atom stereocenters. The third-order valence-corrected chi connectivity index (χ3v) is 6.55. The van der Waals surface area contributed by atoms with E-state index in [2.05, 4.69) is 0 Å². The Morgan fingerprint density at radius 1 is 0.941 bits per heavy atom. The molecule has 34 heavy (non-hydrogen) atoms. The molecule has 2 saturated heterocycles. The van der Waals surface area contributed by atoms with Crippen LogP contribution in [-0.4, -0.2) is 80.0 Å². The van der Waals surface area contributed by atoms with Crippen LogP contribution >= 0.6 is 0 Å². The second kappa shape index (κ2) is 10.4. The highest BCUT2D eigenvalue weighted by molar-refractivity contribution is 5.94. The fourth-order valence-corrected chi connectivity index (χ4v) is 4.69. The van der Waals surface area contributed by atoms with Gasteiger partial charge in [0.25, 0.3) is 5.91 Å². The van der Waals surface area contributed by atoms with Crippen LogP contribution in [0.3, 0.4) is 0 Å². The molecule has 0 spiro atoms. The molecule has 7 nitrogen and oxygen atoms in total. The molecule has 0 aromatic heterocycles. The normalized spacial score (nSPS) is 18.8. The van der Waals surface area contributed by atoms with Crippen molar-refractivity contribution in [2.45, 2.75) is 18.9 Å². The average molecular weight is 474 g/mol. The van der Waals surface area contributed by atoms with Crippen molar-refractivity contribution >= 4 is 11.8 Å². The molecule has 2 aromatic rings. The summed E-state index contributed by atoms with van der Waals surface area (Å²) in [5.74, 6) is -0.872. The van der Waals surface area contributed by atoms with Gasteiger partial charge in [-0.25, -0.2) is 8.78 Å². The number of piperazine rings is 1. The fraction of sp³-hybridized carbons (Fsp3) is 0.440. The lowest BCUT2D eigenvalue weighted by molar-refractivity contribution is -0.133. The van der Waals surface area contributed by atoms with Crippen LogP contribution in [0.2, 0.25) is 0 Å². The lowest BCUT2D eigenvalue weighted by Gasteiger charge is -2.36. The molecule has 2 aliphatic rings. The first-order valence-corrected chi connectivity index (χ1v) is 11.4. The van der Waals surface area contributed by atoms with Gasteiger partial charge in [-0.15, -0.1) is 0 Å². The lowest BCUT2D eigenvalue weighted by atomic mass is 10.0.